The lowest BCUT2D eigenvalue weighted by Gasteiger charge is -2.24. The van der Waals surface area contributed by atoms with Gasteiger partial charge in [0.2, 0.25) is 11.8 Å². The molecule has 0 saturated carbocycles. The summed E-state index contributed by atoms with van der Waals surface area (Å²) in [6.45, 7) is 0.125. The Labute approximate surface area is 152 Å². The first-order valence-electron chi connectivity index (χ1n) is 8.26. The average molecular weight is 380 g/mol. The van der Waals surface area contributed by atoms with Crippen LogP contribution in [0.5, 0.6) is 0 Å². The Morgan fingerprint density at radius 2 is 1.85 bits per heavy atom. The fourth-order valence-corrected chi connectivity index (χ4v) is 2.99. The maximum absolute atomic E-state index is 13.0. The molecule has 1 saturated heterocycles. The van der Waals surface area contributed by atoms with Gasteiger partial charge >= 0.3 is 6.18 Å². The molecule has 1 aliphatic rings. The summed E-state index contributed by atoms with van der Waals surface area (Å²) in [6.07, 6.45) is -4.08. The summed E-state index contributed by atoms with van der Waals surface area (Å²) in [4.78, 5) is 26.0. The van der Waals surface area contributed by atoms with Crippen LogP contribution in [-0.2, 0) is 22.3 Å². The van der Waals surface area contributed by atoms with Crippen molar-refractivity contribution in [2.45, 2.75) is 31.6 Å². The lowest BCUT2D eigenvalue weighted by Crippen LogP contribution is -2.41. The fourth-order valence-electron chi connectivity index (χ4n) is 2.99. The van der Waals surface area contributed by atoms with E-state index in [1.165, 1.54) is 41.3 Å². The quantitative estimate of drug-likeness (QED) is 0.816. The first-order chi connectivity index (χ1) is 12.7. The molecule has 2 amide bonds. The van der Waals surface area contributed by atoms with Crippen LogP contribution in [0, 0.1) is 5.82 Å². The second-order valence-corrected chi connectivity index (χ2v) is 6.27. The second kappa shape index (κ2) is 7.38. The van der Waals surface area contributed by atoms with Crippen LogP contribution in [0.2, 0.25) is 0 Å². The first kappa shape index (κ1) is 18.9. The molecule has 1 fully saturated rings. The number of carbonyl (C=O) groups excluding carboxylic acids is 2. The van der Waals surface area contributed by atoms with Crippen molar-refractivity contribution in [1.82, 2.24) is 4.90 Å². The van der Waals surface area contributed by atoms with E-state index in [0.29, 0.717) is 5.56 Å². The van der Waals surface area contributed by atoms with E-state index in [4.69, 9.17) is 0 Å². The predicted molar refractivity (Wildman–Crippen MR) is 90.0 cm³/mol. The molecule has 8 heteroatoms. The minimum absolute atomic E-state index is 0.0101. The topological polar surface area (TPSA) is 49.4 Å². The monoisotopic (exact) mass is 380 g/mol. The summed E-state index contributed by atoms with van der Waals surface area (Å²) in [5, 5.41) is 2.45. The standard InChI is InChI=1S/C19H16F4N2O2/c20-14-6-4-12(5-7-14)11-25-16(8-9-17(25)26)18(27)24-15-3-1-2-13(10-15)19(21,22)23/h1-7,10,16H,8-9,11H2,(H,24,27). The van der Waals surface area contributed by atoms with E-state index in [1.54, 1.807) is 0 Å². The Morgan fingerprint density at radius 1 is 1.15 bits per heavy atom. The summed E-state index contributed by atoms with van der Waals surface area (Å²) in [5.74, 6) is -1.20. The van der Waals surface area contributed by atoms with E-state index in [-0.39, 0.29) is 31.0 Å². The summed E-state index contributed by atoms with van der Waals surface area (Å²) < 4.78 is 51.4. The highest BCUT2D eigenvalue weighted by molar-refractivity contribution is 5.99. The van der Waals surface area contributed by atoms with Gasteiger partial charge in [-0.25, -0.2) is 4.39 Å². The van der Waals surface area contributed by atoms with E-state index < -0.39 is 29.5 Å². The van der Waals surface area contributed by atoms with Crippen molar-refractivity contribution in [2.24, 2.45) is 0 Å². The largest absolute Gasteiger partial charge is 0.416 e. The SMILES string of the molecule is O=C(Nc1cccc(C(F)(F)F)c1)C1CCC(=O)N1Cc1ccc(F)cc1. The van der Waals surface area contributed by atoms with Gasteiger partial charge in [0.1, 0.15) is 11.9 Å². The number of benzene rings is 2. The molecule has 0 radical (unpaired) electrons. The highest BCUT2D eigenvalue weighted by Gasteiger charge is 2.36. The van der Waals surface area contributed by atoms with Gasteiger partial charge < -0.3 is 10.2 Å². The summed E-state index contributed by atoms with van der Waals surface area (Å²) >= 11 is 0. The van der Waals surface area contributed by atoms with Crippen LogP contribution in [0.3, 0.4) is 0 Å². The molecule has 1 unspecified atom stereocenters. The molecule has 2 aromatic carbocycles. The molecule has 1 aliphatic heterocycles. The zero-order chi connectivity index (χ0) is 19.6. The molecule has 27 heavy (non-hydrogen) atoms. The molecule has 142 valence electrons. The van der Waals surface area contributed by atoms with Gasteiger partial charge in [0, 0.05) is 18.7 Å². The van der Waals surface area contributed by atoms with Gasteiger partial charge in [-0.15, -0.1) is 0 Å². The molecule has 0 spiro atoms. The van der Waals surface area contributed by atoms with Crippen LogP contribution in [0.25, 0.3) is 0 Å². The molecule has 3 rings (SSSR count). The van der Waals surface area contributed by atoms with Crippen LogP contribution >= 0.6 is 0 Å². The van der Waals surface area contributed by atoms with Gasteiger partial charge in [-0.3, -0.25) is 9.59 Å². The van der Waals surface area contributed by atoms with Crippen molar-refractivity contribution < 1.29 is 27.2 Å². The number of carbonyl (C=O) groups is 2. The summed E-state index contributed by atoms with van der Waals surface area (Å²) in [6, 6.07) is 9.07. The van der Waals surface area contributed by atoms with Crippen molar-refractivity contribution in [1.29, 1.82) is 0 Å². The number of nitrogens with zero attached hydrogens (tertiary/aromatic N) is 1. The lowest BCUT2D eigenvalue weighted by molar-refractivity contribution is -0.137. The number of amides is 2. The summed E-state index contributed by atoms with van der Waals surface area (Å²) in [7, 11) is 0. The third kappa shape index (κ3) is 4.45. The Morgan fingerprint density at radius 3 is 2.52 bits per heavy atom. The highest BCUT2D eigenvalue weighted by Crippen LogP contribution is 2.31. The number of likely N-dealkylation sites (tertiary alicyclic amines) is 1. The van der Waals surface area contributed by atoms with E-state index >= 15 is 0 Å². The minimum atomic E-state index is -4.52. The maximum Gasteiger partial charge on any atom is 0.416 e. The van der Waals surface area contributed by atoms with Crippen molar-refractivity contribution >= 4 is 17.5 Å². The molecule has 0 bridgehead atoms. The van der Waals surface area contributed by atoms with Gasteiger partial charge in [0.25, 0.3) is 0 Å². The molecule has 0 aromatic heterocycles. The number of nitrogens with one attached hydrogen (secondary N) is 1. The Kier molecular flexibility index (Phi) is 5.16. The van der Waals surface area contributed by atoms with Gasteiger partial charge in [0.15, 0.2) is 0 Å². The van der Waals surface area contributed by atoms with Gasteiger partial charge in [-0.1, -0.05) is 18.2 Å². The average Bonchev–Trinajstić information content (AvgIpc) is 2.97. The number of halogens is 4. The lowest BCUT2D eigenvalue weighted by atomic mass is 10.1. The van der Waals surface area contributed by atoms with Crippen LogP contribution in [0.1, 0.15) is 24.0 Å². The highest BCUT2D eigenvalue weighted by atomic mass is 19.4. The van der Waals surface area contributed by atoms with E-state index in [2.05, 4.69) is 5.32 Å². The molecular formula is C19H16F4N2O2. The number of rotatable bonds is 4. The second-order valence-electron chi connectivity index (χ2n) is 6.27. The molecule has 1 N–H and O–H groups in total. The molecule has 2 aromatic rings. The van der Waals surface area contributed by atoms with Crippen molar-refractivity contribution in [3.63, 3.8) is 0 Å². The van der Waals surface area contributed by atoms with Crippen molar-refractivity contribution in [2.75, 3.05) is 5.32 Å². The van der Waals surface area contributed by atoms with Crippen LogP contribution in [0.4, 0.5) is 23.2 Å². The minimum Gasteiger partial charge on any atom is -0.326 e. The van der Waals surface area contributed by atoms with Crippen LogP contribution in [-0.4, -0.2) is 22.8 Å². The Balaban J connectivity index is 1.73. The number of anilines is 1. The van der Waals surface area contributed by atoms with Gasteiger partial charge in [0.05, 0.1) is 5.56 Å². The Bertz CT molecular complexity index is 850. The normalized spacial score (nSPS) is 17.3. The fraction of sp³-hybridized carbons (Fsp3) is 0.263. The van der Waals surface area contributed by atoms with Gasteiger partial charge in [-0.05, 0) is 42.3 Å². The number of alkyl halides is 3. The zero-order valence-corrected chi connectivity index (χ0v) is 14.1. The van der Waals surface area contributed by atoms with E-state index in [9.17, 15) is 27.2 Å². The third-order valence-corrected chi connectivity index (χ3v) is 4.35. The van der Waals surface area contributed by atoms with Crippen molar-refractivity contribution in [3.05, 3.63) is 65.5 Å². The Hall–Kier alpha value is -2.90. The van der Waals surface area contributed by atoms with Crippen molar-refractivity contribution in [3.8, 4) is 0 Å². The van der Waals surface area contributed by atoms with E-state index in [0.717, 1.165) is 12.1 Å². The van der Waals surface area contributed by atoms with Gasteiger partial charge in [-0.2, -0.15) is 13.2 Å². The molecule has 0 aliphatic carbocycles. The summed E-state index contributed by atoms with van der Waals surface area (Å²) in [5.41, 5.74) is -0.203. The maximum atomic E-state index is 13.0. The number of hydrogen-bond acceptors (Lipinski definition) is 2. The molecule has 1 heterocycles. The number of hydrogen-bond donors (Lipinski definition) is 1. The first-order valence-corrected chi connectivity index (χ1v) is 8.26. The zero-order valence-electron chi connectivity index (χ0n) is 14.1. The molecular weight excluding hydrogens is 364 g/mol. The van der Waals surface area contributed by atoms with Crippen LogP contribution in [0.15, 0.2) is 48.5 Å². The molecule has 1 atom stereocenters. The smallest absolute Gasteiger partial charge is 0.326 e. The molecule has 4 nitrogen and oxygen atoms in total. The van der Waals surface area contributed by atoms with Crippen LogP contribution < -0.4 is 5.32 Å². The third-order valence-electron chi connectivity index (χ3n) is 4.35. The predicted octanol–water partition coefficient (Wildman–Crippen LogP) is 3.97. The van der Waals surface area contributed by atoms with E-state index in [1.807, 2.05) is 0 Å².